The van der Waals surface area contributed by atoms with Crippen molar-refractivity contribution in [3.05, 3.63) is 48.9 Å². The summed E-state index contributed by atoms with van der Waals surface area (Å²) >= 11 is 2.43. The van der Waals surface area contributed by atoms with E-state index in [1.54, 1.807) is 0 Å². The Balaban J connectivity index is 1.60. The van der Waals surface area contributed by atoms with E-state index in [0.29, 0.717) is 5.69 Å². The fourth-order valence-corrected chi connectivity index (χ4v) is 7.77. The van der Waals surface area contributed by atoms with Crippen molar-refractivity contribution in [2.24, 2.45) is 5.92 Å². The summed E-state index contributed by atoms with van der Waals surface area (Å²) in [5, 5.41) is 11.0. The first-order valence-electron chi connectivity index (χ1n) is 9.45. The van der Waals surface area contributed by atoms with Crippen LogP contribution in [0.4, 0.5) is 11.4 Å². The van der Waals surface area contributed by atoms with Crippen LogP contribution in [0.2, 0.25) is 0 Å². The Bertz CT molecular complexity index is 1080. The van der Waals surface area contributed by atoms with Crippen LogP contribution < -0.4 is 9.77 Å². The van der Waals surface area contributed by atoms with Crippen LogP contribution in [-0.4, -0.2) is 27.0 Å². The number of amides is 2. The van der Waals surface area contributed by atoms with Crippen LogP contribution in [0, 0.1) is 16.0 Å². The molecule has 2 amide bonds. The lowest BCUT2D eigenvalue weighted by Crippen LogP contribution is -2.46. The van der Waals surface area contributed by atoms with E-state index in [4.69, 9.17) is 0 Å². The van der Waals surface area contributed by atoms with Crippen LogP contribution in [0.5, 0.6) is 0 Å². The molecule has 0 radical (unpaired) electrons. The molecule has 1 spiro atoms. The van der Waals surface area contributed by atoms with Gasteiger partial charge in [-0.2, -0.15) is 0 Å². The van der Waals surface area contributed by atoms with Gasteiger partial charge in [0.15, 0.2) is 0 Å². The van der Waals surface area contributed by atoms with E-state index in [1.807, 2.05) is 0 Å². The molecule has 10 heteroatoms. The number of aromatic nitrogens is 1. The van der Waals surface area contributed by atoms with Crippen LogP contribution in [0.25, 0.3) is 0 Å². The van der Waals surface area contributed by atoms with E-state index >= 15 is 0 Å². The van der Waals surface area contributed by atoms with E-state index < -0.39 is 21.5 Å². The zero-order chi connectivity index (χ0) is 20.3. The number of hydrogen-bond acceptors (Lipinski definition) is 7. The van der Waals surface area contributed by atoms with E-state index in [-0.39, 0.29) is 22.4 Å². The molecule has 1 N–H and O–H groups in total. The van der Waals surface area contributed by atoms with E-state index in [2.05, 4.69) is 4.98 Å². The van der Waals surface area contributed by atoms with Crippen molar-refractivity contribution in [2.75, 3.05) is 4.90 Å². The molecular weight excluding hydrogens is 414 g/mol. The van der Waals surface area contributed by atoms with Gasteiger partial charge in [0.05, 0.1) is 21.6 Å². The predicted molar refractivity (Wildman–Crippen MR) is 108 cm³/mol. The Morgan fingerprint density at radius 1 is 1.07 bits per heavy atom. The molecule has 1 aromatic carbocycles. The molecular formula is C19H17N3O5S2. The molecule has 2 aliphatic heterocycles. The van der Waals surface area contributed by atoms with Gasteiger partial charge in [-0.1, -0.05) is 42.4 Å². The first-order chi connectivity index (χ1) is 13.9. The lowest BCUT2D eigenvalue weighted by Gasteiger charge is -2.44. The molecule has 5 rings (SSSR count). The number of benzene rings is 1. The minimum Gasteiger partial charge on any atom is -0.307 e. The topological polar surface area (TPSA) is 113 Å². The minimum absolute atomic E-state index is 0.0943. The number of non-ortho nitro benzene ring substituents is 1. The van der Waals surface area contributed by atoms with Gasteiger partial charge in [0.25, 0.3) is 5.69 Å². The fourth-order valence-electron chi connectivity index (χ4n) is 4.98. The zero-order valence-corrected chi connectivity index (χ0v) is 16.9. The Kier molecular flexibility index (Phi) is 4.18. The molecule has 0 bridgehead atoms. The molecule has 2 atom stereocenters. The maximum Gasteiger partial charge on any atom is 0.305 e. The fraction of sp³-hybridized carbons (Fsp3) is 0.421. The van der Waals surface area contributed by atoms with Crippen molar-refractivity contribution in [3.8, 4) is 0 Å². The van der Waals surface area contributed by atoms with Gasteiger partial charge in [0.1, 0.15) is 5.25 Å². The second kappa shape index (κ2) is 6.53. The number of thioether (sulfide) groups is 1. The van der Waals surface area contributed by atoms with E-state index in [1.165, 1.54) is 40.9 Å². The van der Waals surface area contributed by atoms with Gasteiger partial charge in [-0.25, -0.2) is 4.90 Å². The van der Waals surface area contributed by atoms with Crippen LogP contribution in [0.1, 0.15) is 37.0 Å². The number of anilines is 1. The molecule has 2 fully saturated rings. The summed E-state index contributed by atoms with van der Waals surface area (Å²) in [7, 11) is 0. The number of nitrogens with zero attached hydrogens (tertiary/aromatic N) is 2. The van der Waals surface area contributed by atoms with Gasteiger partial charge in [0, 0.05) is 22.4 Å². The third kappa shape index (κ3) is 2.62. The van der Waals surface area contributed by atoms with Crippen molar-refractivity contribution in [3.63, 3.8) is 0 Å². The van der Waals surface area contributed by atoms with Gasteiger partial charge in [0.2, 0.25) is 11.8 Å². The number of aromatic amines is 1. The van der Waals surface area contributed by atoms with Gasteiger partial charge in [-0.05, 0) is 25.0 Å². The van der Waals surface area contributed by atoms with Crippen LogP contribution in [-0.2, 0) is 15.0 Å². The first kappa shape index (κ1) is 18.6. The molecule has 29 heavy (non-hydrogen) atoms. The van der Waals surface area contributed by atoms with E-state index in [0.717, 1.165) is 53.3 Å². The summed E-state index contributed by atoms with van der Waals surface area (Å²) < 4.78 is 0. The molecule has 1 saturated heterocycles. The SMILES string of the molecule is O=C1C2Sc3[nH]c(=O)sc3C3(CCCCC3)C2C(=O)N1c1ccc([N+](=O)[O-])cc1. The number of nitro benzene ring substituents is 1. The van der Waals surface area contributed by atoms with Crippen LogP contribution in [0.15, 0.2) is 34.1 Å². The number of rotatable bonds is 2. The third-order valence-corrected chi connectivity index (χ3v) is 8.73. The predicted octanol–water partition coefficient (Wildman–Crippen LogP) is 3.21. The number of H-pyrrole nitrogens is 1. The summed E-state index contributed by atoms with van der Waals surface area (Å²) in [5.41, 5.74) is -0.234. The number of carbonyl (C=O) groups excluding carboxylic acids is 2. The molecule has 150 valence electrons. The third-order valence-electron chi connectivity index (χ3n) is 6.23. The summed E-state index contributed by atoms with van der Waals surface area (Å²) in [6.07, 6.45) is 4.55. The molecule has 8 nitrogen and oxygen atoms in total. The number of fused-ring (bicyclic) bond motifs is 4. The largest absolute Gasteiger partial charge is 0.307 e. The Labute approximate surface area is 173 Å². The van der Waals surface area contributed by atoms with Crippen molar-refractivity contribution >= 4 is 46.3 Å². The van der Waals surface area contributed by atoms with Crippen LogP contribution in [0.3, 0.4) is 0 Å². The van der Waals surface area contributed by atoms with Crippen molar-refractivity contribution in [1.82, 2.24) is 4.98 Å². The maximum atomic E-state index is 13.5. The summed E-state index contributed by atoms with van der Waals surface area (Å²) in [6, 6.07) is 5.49. The highest BCUT2D eigenvalue weighted by Crippen LogP contribution is 2.59. The van der Waals surface area contributed by atoms with Crippen molar-refractivity contribution in [2.45, 2.75) is 47.8 Å². The highest BCUT2D eigenvalue weighted by Gasteiger charge is 2.62. The number of hydrogen-bond donors (Lipinski definition) is 1. The lowest BCUT2D eigenvalue weighted by molar-refractivity contribution is -0.384. The number of thiazole rings is 1. The minimum atomic E-state index is -0.589. The van der Waals surface area contributed by atoms with Gasteiger partial charge in [-0.15, -0.1) is 0 Å². The molecule has 1 aliphatic carbocycles. The summed E-state index contributed by atoms with van der Waals surface area (Å²) in [5.74, 6) is -1.11. The standard InChI is InChI=1S/C19H17N3O5S2/c23-16-12-13(17(24)21(16)10-4-6-11(7-5-10)22(26)27)28-15-14(29-18(25)20-15)19(12)8-2-1-3-9-19/h4-7,12-13H,1-3,8-9H2,(H,20,25). The smallest absolute Gasteiger partial charge is 0.305 e. The second-order valence-corrected chi connectivity index (χ2v) is 9.83. The second-order valence-electron chi connectivity index (χ2n) is 7.69. The lowest BCUT2D eigenvalue weighted by atomic mass is 9.64. The normalized spacial score (nSPS) is 25.2. The molecule has 1 aromatic heterocycles. The first-order valence-corrected chi connectivity index (χ1v) is 11.1. The van der Waals surface area contributed by atoms with Gasteiger partial charge >= 0.3 is 4.87 Å². The summed E-state index contributed by atoms with van der Waals surface area (Å²) in [6.45, 7) is 0. The molecule has 2 aromatic rings. The average molecular weight is 431 g/mol. The molecule has 2 unspecified atom stereocenters. The quantitative estimate of drug-likeness (QED) is 0.444. The highest BCUT2D eigenvalue weighted by atomic mass is 32.2. The molecule has 1 saturated carbocycles. The monoisotopic (exact) mass is 431 g/mol. The van der Waals surface area contributed by atoms with E-state index in [9.17, 15) is 24.5 Å². The Morgan fingerprint density at radius 2 is 1.76 bits per heavy atom. The van der Waals surface area contributed by atoms with Crippen LogP contribution >= 0.6 is 23.1 Å². The highest BCUT2D eigenvalue weighted by molar-refractivity contribution is 8.00. The number of nitro groups is 1. The van der Waals surface area contributed by atoms with Crippen molar-refractivity contribution < 1.29 is 14.5 Å². The van der Waals surface area contributed by atoms with Gasteiger partial charge < -0.3 is 4.98 Å². The summed E-state index contributed by atoms with van der Waals surface area (Å²) in [4.78, 5) is 54.1. The molecule has 3 aliphatic rings. The van der Waals surface area contributed by atoms with Gasteiger partial charge in [-0.3, -0.25) is 24.5 Å². The number of imide groups is 1. The average Bonchev–Trinajstić information content (AvgIpc) is 3.21. The Hall–Kier alpha value is -2.46. The number of carbonyl (C=O) groups is 2. The Morgan fingerprint density at radius 3 is 2.41 bits per heavy atom. The van der Waals surface area contributed by atoms with Crippen molar-refractivity contribution in [1.29, 1.82) is 0 Å². The number of nitrogens with one attached hydrogen (secondary N) is 1. The molecule has 3 heterocycles. The maximum absolute atomic E-state index is 13.5. The zero-order valence-electron chi connectivity index (χ0n) is 15.3.